The van der Waals surface area contributed by atoms with E-state index in [1.807, 2.05) is 0 Å². The summed E-state index contributed by atoms with van der Waals surface area (Å²) in [4.78, 5) is 10.5. The maximum atomic E-state index is 11.5. The van der Waals surface area contributed by atoms with Gasteiger partial charge in [-0.25, -0.2) is 0 Å². The van der Waals surface area contributed by atoms with Crippen molar-refractivity contribution >= 4 is 26.6 Å². The average molecular weight is 311 g/mol. The van der Waals surface area contributed by atoms with E-state index in [1.165, 1.54) is 19.2 Å². The Morgan fingerprint density at radius 2 is 1.86 bits per heavy atom. The third-order valence-corrected chi connectivity index (χ3v) is 4.20. The largest absolute Gasteiger partial charge is 0.497 e. The molecule has 0 unspecified atom stereocenters. The Hall–Kier alpha value is -2.19. The van der Waals surface area contributed by atoms with Crippen LogP contribution >= 0.6 is 0 Å². The first-order valence-corrected chi connectivity index (χ1v) is 7.47. The fraction of sp³-hybridized carbons (Fsp3) is 0.231. The van der Waals surface area contributed by atoms with Gasteiger partial charge in [-0.3, -0.25) is 14.3 Å². The van der Waals surface area contributed by atoms with Crippen LogP contribution in [0.3, 0.4) is 0 Å². The second-order valence-corrected chi connectivity index (χ2v) is 6.06. The van der Waals surface area contributed by atoms with Crippen molar-refractivity contribution in [2.24, 2.45) is 0 Å². The molecule has 21 heavy (non-hydrogen) atoms. The maximum Gasteiger partial charge on any atom is 0.274 e. The van der Waals surface area contributed by atoms with Crippen LogP contribution in [-0.2, 0) is 20.1 Å². The number of ether oxygens (including phenoxy) is 1. The Morgan fingerprint density at radius 3 is 2.43 bits per heavy atom. The van der Waals surface area contributed by atoms with E-state index in [2.05, 4.69) is 4.18 Å². The van der Waals surface area contributed by atoms with E-state index in [9.17, 15) is 18.5 Å². The molecule has 0 atom stereocenters. The second-order valence-electron chi connectivity index (χ2n) is 4.32. The van der Waals surface area contributed by atoms with Crippen molar-refractivity contribution in [1.29, 1.82) is 0 Å². The average Bonchev–Trinajstić information content (AvgIpc) is 2.45. The third kappa shape index (κ3) is 3.29. The molecule has 0 amide bonds. The molecule has 7 nitrogen and oxygen atoms in total. The fourth-order valence-electron chi connectivity index (χ4n) is 1.97. The Morgan fingerprint density at radius 1 is 1.14 bits per heavy atom. The smallest absolute Gasteiger partial charge is 0.274 e. The lowest BCUT2D eigenvalue weighted by atomic mass is 10.1. The predicted molar refractivity (Wildman–Crippen MR) is 76.8 cm³/mol. The lowest BCUT2D eigenvalue weighted by Crippen LogP contribution is -2.07. The quantitative estimate of drug-likeness (QED) is 0.477. The Balaban J connectivity index is 2.64. The van der Waals surface area contributed by atoms with Crippen LogP contribution in [-0.4, -0.2) is 27.6 Å². The Labute approximate surface area is 121 Å². The number of methoxy groups -OCH3 is 1. The number of rotatable bonds is 5. The Bertz CT molecular complexity index is 800. The molecule has 0 bridgehead atoms. The van der Waals surface area contributed by atoms with Crippen LogP contribution in [0.25, 0.3) is 10.8 Å². The zero-order chi connectivity index (χ0) is 15.6. The molecule has 2 aromatic carbocycles. The van der Waals surface area contributed by atoms with Gasteiger partial charge in [-0.2, -0.15) is 8.42 Å². The van der Waals surface area contributed by atoms with Crippen LogP contribution in [0.1, 0.15) is 5.56 Å². The van der Waals surface area contributed by atoms with Gasteiger partial charge in [-0.05, 0) is 29.0 Å². The molecule has 112 valence electrons. The minimum absolute atomic E-state index is 0.0829. The van der Waals surface area contributed by atoms with Gasteiger partial charge in [0.25, 0.3) is 15.8 Å². The molecule has 0 saturated carbocycles. The van der Waals surface area contributed by atoms with Gasteiger partial charge in [0.05, 0.1) is 19.1 Å². The molecule has 0 radical (unpaired) electrons. The van der Waals surface area contributed by atoms with E-state index in [-0.39, 0.29) is 11.3 Å². The van der Waals surface area contributed by atoms with Crippen LogP contribution in [0, 0.1) is 10.1 Å². The molecule has 0 aromatic heterocycles. The first kappa shape index (κ1) is 15.2. The van der Waals surface area contributed by atoms with Gasteiger partial charge in [-0.15, -0.1) is 0 Å². The van der Waals surface area contributed by atoms with Crippen molar-refractivity contribution in [3.8, 4) is 5.75 Å². The fourth-order valence-corrected chi connectivity index (χ4v) is 2.70. The van der Waals surface area contributed by atoms with Gasteiger partial charge < -0.3 is 4.74 Å². The molecule has 0 spiro atoms. The zero-order valence-electron chi connectivity index (χ0n) is 11.4. The van der Waals surface area contributed by atoms with E-state index in [4.69, 9.17) is 4.74 Å². The summed E-state index contributed by atoms with van der Waals surface area (Å²) in [6.07, 6.45) is 0. The van der Waals surface area contributed by atoms with Gasteiger partial charge in [-0.1, -0.05) is 6.07 Å². The lowest BCUT2D eigenvalue weighted by molar-refractivity contribution is -0.385. The van der Waals surface area contributed by atoms with Gasteiger partial charge in [0, 0.05) is 11.6 Å². The van der Waals surface area contributed by atoms with E-state index < -0.39 is 20.8 Å². The van der Waals surface area contributed by atoms with Gasteiger partial charge >= 0.3 is 0 Å². The van der Waals surface area contributed by atoms with Crippen molar-refractivity contribution in [2.75, 3.05) is 14.2 Å². The van der Waals surface area contributed by atoms with Crippen molar-refractivity contribution in [3.05, 3.63) is 46.0 Å². The molecule has 0 N–H and O–H groups in total. The molecular formula is C13H13NO6S. The molecule has 0 heterocycles. The van der Waals surface area contributed by atoms with Crippen LogP contribution in [0.15, 0.2) is 30.3 Å². The van der Waals surface area contributed by atoms with Crippen LogP contribution in [0.4, 0.5) is 5.69 Å². The van der Waals surface area contributed by atoms with E-state index >= 15 is 0 Å². The van der Waals surface area contributed by atoms with Crippen molar-refractivity contribution in [1.82, 2.24) is 0 Å². The summed E-state index contributed by atoms with van der Waals surface area (Å²) in [6, 6.07) is 7.86. The minimum Gasteiger partial charge on any atom is -0.497 e. The molecular weight excluding hydrogens is 298 g/mol. The molecule has 2 rings (SSSR count). The highest BCUT2D eigenvalue weighted by molar-refractivity contribution is 7.85. The summed E-state index contributed by atoms with van der Waals surface area (Å²) in [5.74, 6) is 0.0102. The van der Waals surface area contributed by atoms with E-state index in [1.54, 1.807) is 18.2 Å². The summed E-state index contributed by atoms with van der Waals surface area (Å²) in [6.45, 7) is 0. The topological polar surface area (TPSA) is 95.7 Å². The third-order valence-electron chi connectivity index (χ3n) is 3.03. The molecule has 0 aliphatic carbocycles. The number of nitro groups is 1. The minimum atomic E-state index is -3.84. The number of nitro benzene ring substituents is 1. The van der Waals surface area contributed by atoms with Crippen molar-refractivity contribution < 1.29 is 22.3 Å². The van der Waals surface area contributed by atoms with Gasteiger partial charge in [0.1, 0.15) is 11.5 Å². The highest BCUT2D eigenvalue weighted by atomic mass is 32.2. The summed E-state index contributed by atoms with van der Waals surface area (Å²) in [7, 11) is -1.32. The highest BCUT2D eigenvalue weighted by Gasteiger charge is 2.21. The summed E-state index contributed by atoms with van der Waals surface area (Å²) >= 11 is 0. The molecule has 0 aliphatic rings. The first-order valence-electron chi connectivity index (χ1n) is 5.89. The van der Waals surface area contributed by atoms with Crippen LogP contribution in [0.5, 0.6) is 5.75 Å². The van der Waals surface area contributed by atoms with Gasteiger partial charge in [0.15, 0.2) is 0 Å². The van der Waals surface area contributed by atoms with E-state index in [0.29, 0.717) is 16.5 Å². The highest BCUT2D eigenvalue weighted by Crippen LogP contribution is 2.29. The monoisotopic (exact) mass is 311 g/mol. The van der Waals surface area contributed by atoms with E-state index in [0.717, 1.165) is 7.11 Å². The standard InChI is InChI=1S/C13H13NO6S/c1-19-12-4-3-9-5-11(8-21(17,18)20-2)13(14(15)16)7-10(9)6-12/h3-7H,8H2,1-2H3. The number of benzene rings is 2. The van der Waals surface area contributed by atoms with Crippen LogP contribution < -0.4 is 4.74 Å². The molecule has 2 aromatic rings. The molecule has 8 heteroatoms. The number of hydrogen-bond acceptors (Lipinski definition) is 6. The number of nitrogens with zero attached hydrogens (tertiary/aromatic N) is 1. The van der Waals surface area contributed by atoms with Crippen molar-refractivity contribution in [3.63, 3.8) is 0 Å². The zero-order valence-corrected chi connectivity index (χ0v) is 12.2. The second kappa shape index (κ2) is 5.66. The maximum absolute atomic E-state index is 11.5. The molecule has 0 saturated heterocycles. The summed E-state index contributed by atoms with van der Waals surface area (Å²) in [5.41, 5.74) is -0.184. The first-order chi connectivity index (χ1) is 9.86. The summed E-state index contributed by atoms with van der Waals surface area (Å²) < 4.78 is 32.5. The SMILES string of the molecule is COc1ccc2cc(CS(=O)(=O)OC)c([N+](=O)[O-])cc2c1. The Kier molecular flexibility index (Phi) is 4.10. The normalized spacial score (nSPS) is 11.5. The van der Waals surface area contributed by atoms with Crippen molar-refractivity contribution in [2.45, 2.75) is 5.75 Å². The number of hydrogen-bond donors (Lipinski definition) is 0. The van der Waals surface area contributed by atoms with Gasteiger partial charge in [0.2, 0.25) is 0 Å². The predicted octanol–water partition coefficient (Wildman–Crippen LogP) is 2.23. The summed E-state index contributed by atoms with van der Waals surface area (Å²) in [5, 5.41) is 12.4. The van der Waals surface area contributed by atoms with Crippen LogP contribution in [0.2, 0.25) is 0 Å². The molecule has 0 aliphatic heterocycles. The number of fused-ring (bicyclic) bond motifs is 1. The lowest BCUT2D eigenvalue weighted by Gasteiger charge is -2.07. The molecule has 0 fully saturated rings.